The zero-order valence-corrected chi connectivity index (χ0v) is 10.2. The van der Waals surface area contributed by atoms with Crippen LogP contribution in [-0.4, -0.2) is 18.4 Å². The van der Waals surface area contributed by atoms with E-state index in [4.69, 9.17) is 0 Å². The summed E-state index contributed by atoms with van der Waals surface area (Å²) in [6.07, 6.45) is 2.68. The third-order valence-electron chi connectivity index (χ3n) is 3.13. The van der Waals surface area contributed by atoms with Crippen molar-refractivity contribution in [3.05, 3.63) is 29.8 Å². The fourth-order valence-electron chi connectivity index (χ4n) is 1.78. The average Bonchev–Trinajstić information content (AvgIpc) is 2.29. The first kappa shape index (κ1) is 13.5. The number of nitrogens with one attached hydrogen (secondary N) is 2. The van der Waals surface area contributed by atoms with Gasteiger partial charge in [-0.2, -0.15) is 0 Å². The van der Waals surface area contributed by atoms with Gasteiger partial charge in [-0.05, 0) is 25.0 Å². The SMILES string of the molecule is O=C(CNC(=O)C1CCC1)Nc1c(F)cccc1F. The minimum atomic E-state index is -0.848. The number of anilines is 1. The maximum absolute atomic E-state index is 13.3. The summed E-state index contributed by atoms with van der Waals surface area (Å²) in [5, 5.41) is 4.55. The van der Waals surface area contributed by atoms with E-state index in [1.807, 2.05) is 0 Å². The van der Waals surface area contributed by atoms with Gasteiger partial charge >= 0.3 is 0 Å². The number of carbonyl (C=O) groups is 2. The normalized spacial score (nSPS) is 14.6. The molecule has 0 aliphatic heterocycles. The number of hydrogen-bond acceptors (Lipinski definition) is 2. The number of rotatable bonds is 4. The van der Waals surface area contributed by atoms with E-state index in [2.05, 4.69) is 10.6 Å². The maximum Gasteiger partial charge on any atom is 0.243 e. The van der Waals surface area contributed by atoms with Gasteiger partial charge in [-0.15, -0.1) is 0 Å². The minimum Gasteiger partial charge on any atom is -0.347 e. The van der Waals surface area contributed by atoms with E-state index in [9.17, 15) is 18.4 Å². The summed E-state index contributed by atoms with van der Waals surface area (Å²) in [5.41, 5.74) is -0.495. The summed E-state index contributed by atoms with van der Waals surface area (Å²) >= 11 is 0. The van der Waals surface area contributed by atoms with E-state index in [1.54, 1.807) is 0 Å². The van der Waals surface area contributed by atoms with Crippen LogP contribution in [0.2, 0.25) is 0 Å². The lowest BCUT2D eigenvalue weighted by Crippen LogP contribution is -2.39. The Morgan fingerprint density at radius 2 is 1.84 bits per heavy atom. The monoisotopic (exact) mass is 268 g/mol. The van der Waals surface area contributed by atoms with Gasteiger partial charge in [0.2, 0.25) is 11.8 Å². The van der Waals surface area contributed by atoms with Crippen molar-refractivity contribution in [3.63, 3.8) is 0 Å². The first-order chi connectivity index (χ1) is 9.08. The Hall–Kier alpha value is -1.98. The van der Waals surface area contributed by atoms with Crippen LogP contribution in [-0.2, 0) is 9.59 Å². The molecule has 1 aliphatic rings. The Balaban J connectivity index is 1.85. The predicted octanol–water partition coefficient (Wildman–Crippen LogP) is 1.82. The number of carbonyl (C=O) groups excluding carboxylic acids is 2. The molecule has 1 aliphatic carbocycles. The van der Waals surface area contributed by atoms with Crippen LogP contribution in [0.4, 0.5) is 14.5 Å². The van der Waals surface area contributed by atoms with E-state index in [-0.39, 0.29) is 18.4 Å². The van der Waals surface area contributed by atoms with Crippen molar-refractivity contribution in [2.75, 3.05) is 11.9 Å². The van der Waals surface area contributed by atoms with Crippen molar-refractivity contribution in [2.24, 2.45) is 5.92 Å². The lowest BCUT2D eigenvalue weighted by Gasteiger charge is -2.23. The lowest BCUT2D eigenvalue weighted by molar-refractivity contribution is -0.129. The molecule has 0 unspecified atom stereocenters. The Morgan fingerprint density at radius 3 is 2.37 bits per heavy atom. The van der Waals surface area contributed by atoms with Crippen LogP contribution in [0.5, 0.6) is 0 Å². The summed E-state index contributed by atoms with van der Waals surface area (Å²) in [6, 6.07) is 3.30. The summed E-state index contributed by atoms with van der Waals surface area (Å²) in [7, 11) is 0. The second-order valence-electron chi connectivity index (χ2n) is 4.49. The van der Waals surface area contributed by atoms with Crippen LogP contribution in [0.25, 0.3) is 0 Å². The molecule has 0 atom stereocenters. The maximum atomic E-state index is 13.3. The van der Waals surface area contributed by atoms with Gasteiger partial charge in [0.15, 0.2) is 0 Å². The van der Waals surface area contributed by atoms with Gasteiger partial charge in [0.1, 0.15) is 17.3 Å². The van der Waals surface area contributed by atoms with Gasteiger partial charge in [0, 0.05) is 5.92 Å². The lowest BCUT2D eigenvalue weighted by atomic mass is 9.85. The van der Waals surface area contributed by atoms with E-state index < -0.39 is 23.2 Å². The molecular weight excluding hydrogens is 254 g/mol. The van der Waals surface area contributed by atoms with Gasteiger partial charge < -0.3 is 10.6 Å². The fraction of sp³-hybridized carbons (Fsp3) is 0.385. The number of amides is 2. The molecule has 0 heterocycles. The highest BCUT2D eigenvalue weighted by molar-refractivity contribution is 5.95. The molecule has 1 aromatic rings. The molecule has 1 aromatic carbocycles. The molecule has 0 aromatic heterocycles. The van der Waals surface area contributed by atoms with Crippen molar-refractivity contribution in [1.29, 1.82) is 0 Å². The largest absolute Gasteiger partial charge is 0.347 e. The van der Waals surface area contributed by atoms with Crippen LogP contribution in [0.3, 0.4) is 0 Å². The first-order valence-electron chi connectivity index (χ1n) is 6.09. The van der Waals surface area contributed by atoms with Crippen LogP contribution < -0.4 is 10.6 Å². The molecule has 6 heteroatoms. The van der Waals surface area contributed by atoms with Crippen LogP contribution in [0.15, 0.2) is 18.2 Å². The molecule has 4 nitrogen and oxygen atoms in total. The Bertz CT molecular complexity index is 481. The second-order valence-corrected chi connectivity index (χ2v) is 4.49. The number of benzene rings is 1. The summed E-state index contributed by atoms with van der Waals surface area (Å²) in [5.74, 6) is -2.57. The Labute approximate surface area is 109 Å². The minimum absolute atomic E-state index is 0.0296. The van der Waals surface area contributed by atoms with Crippen molar-refractivity contribution >= 4 is 17.5 Å². The number of hydrogen-bond donors (Lipinski definition) is 2. The molecule has 1 saturated carbocycles. The number of para-hydroxylation sites is 1. The van der Waals surface area contributed by atoms with Crippen LogP contribution in [0, 0.1) is 17.6 Å². The number of halogens is 2. The van der Waals surface area contributed by atoms with E-state index in [1.165, 1.54) is 6.07 Å². The summed E-state index contributed by atoms with van der Waals surface area (Å²) in [6.45, 7) is -0.289. The van der Waals surface area contributed by atoms with Gasteiger partial charge in [0.25, 0.3) is 0 Å². The summed E-state index contributed by atoms with van der Waals surface area (Å²) < 4.78 is 26.5. The van der Waals surface area contributed by atoms with Crippen molar-refractivity contribution in [2.45, 2.75) is 19.3 Å². The average molecular weight is 268 g/mol. The Morgan fingerprint density at radius 1 is 1.21 bits per heavy atom. The molecular formula is C13H14F2N2O2. The zero-order valence-electron chi connectivity index (χ0n) is 10.2. The smallest absolute Gasteiger partial charge is 0.243 e. The third kappa shape index (κ3) is 3.27. The van der Waals surface area contributed by atoms with Crippen LogP contribution in [0.1, 0.15) is 19.3 Å². The highest BCUT2D eigenvalue weighted by Crippen LogP contribution is 2.26. The molecule has 0 spiro atoms. The van der Waals surface area contributed by atoms with E-state index in [0.29, 0.717) is 0 Å². The topological polar surface area (TPSA) is 58.2 Å². The van der Waals surface area contributed by atoms with Gasteiger partial charge in [-0.1, -0.05) is 12.5 Å². The highest BCUT2D eigenvalue weighted by Gasteiger charge is 2.25. The molecule has 0 saturated heterocycles. The standard InChI is InChI=1S/C13H14F2N2O2/c14-9-5-2-6-10(15)12(9)17-11(18)7-16-13(19)8-3-1-4-8/h2,5-6,8H,1,3-4,7H2,(H,16,19)(H,17,18). The predicted molar refractivity (Wildman–Crippen MR) is 65.3 cm³/mol. The van der Waals surface area contributed by atoms with E-state index >= 15 is 0 Å². The van der Waals surface area contributed by atoms with Gasteiger partial charge in [0.05, 0.1) is 6.54 Å². The fourth-order valence-corrected chi connectivity index (χ4v) is 1.78. The molecule has 0 radical (unpaired) electrons. The van der Waals surface area contributed by atoms with Gasteiger partial charge in [-0.3, -0.25) is 9.59 Å². The van der Waals surface area contributed by atoms with Crippen molar-refractivity contribution in [3.8, 4) is 0 Å². The van der Waals surface area contributed by atoms with Crippen molar-refractivity contribution < 1.29 is 18.4 Å². The zero-order chi connectivity index (χ0) is 13.8. The molecule has 2 N–H and O–H groups in total. The molecule has 2 amide bonds. The molecule has 0 bridgehead atoms. The second kappa shape index (κ2) is 5.77. The molecule has 1 fully saturated rings. The first-order valence-corrected chi connectivity index (χ1v) is 6.09. The van der Waals surface area contributed by atoms with Crippen molar-refractivity contribution in [1.82, 2.24) is 5.32 Å². The Kier molecular flexibility index (Phi) is 4.09. The van der Waals surface area contributed by atoms with Gasteiger partial charge in [-0.25, -0.2) is 8.78 Å². The summed E-state index contributed by atoms with van der Waals surface area (Å²) in [4.78, 5) is 23.0. The third-order valence-corrected chi connectivity index (χ3v) is 3.13. The molecule has 2 rings (SSSR count). The quantitative estimate of drug-likeness (QED) is 0.875. The molecule has 102 valence electrons. The van der Waals surface area contributed by atoms with E-state index in [0.717, 1.165) is 31.4 Å². The highest BCUT2D eigenvalue weighted by atomic mass is 19.1. The van der Waals surface area contributed by atoms with Crippen LogP contribution >= 0.6 is 0 Å². The molecule has 19 heavy (non-hydrogen) atoms.